The van der Waals surface area contributed by atoms with Gasteiger partial charge in [-0.2, -0.15) is 0 Å². The maximum Gasteiger partial charge on any atom is 0.296 e. The average Bonchev–Trinajstić information content (AvgIpc) is 3.51. The van der Waals surface area contributed by atoms with Crippen molar-refractivity contribution in [1.82, 2.24) is 4.90 Å². The van der Waals surface area contributed by atoms with Crippen LogP contribution in [0.1, 0.15) is 36.1 Å². The largest absolute Gasteiger partial charge is 0.507 e. The number of ether oxygens (including phenoxy) is 1. The van der Waals surface area contributed by atoms with Crippen molar-refractivity contribution in [2.24, 2.45) is 5.92 Å². The Morgan fingerprint density at radius 3 is 2.55 bits per heavy atom. The van der Waals surface area contributed by atoms with E-state index in [9.17, 15) is 14.7 Å². The summed E-state index contributed by atoms with van der Waals surface area (Å²) in [5, 5.41) is 12.9. The van der Waals surface area contributed by atoms with Gasteiger partial charge in [0, 0.05) is 10.4 Å². The SMILES string of the molecule is CC(C)COc1ccc(/C(O)=C2/C(=O)C(=O)N(Cc3cccs3)C2c2ccco2)cc1. The van der Waals surface area contributed by atoms with Gasteiger partial charge in [0.2, 0.25) is 0 Å². The van der Waals surface area contributed by atoms with E-state index >= 15 is 0 Å². The number of aliphatic hydroxyl groups excluding tert-OH is 1. The van der Waals surface area contributed by atoms with Gasteiger partial charge in [-0.3, -0.25) is 9.59 Å². The molecule has 1 unspecified atom stereocenters. The third kappa shape index (κ3) is 4.27. The molecule has 160 valence electrons. The lowest BCUT2D eigenvalue weighted by atomic mass is 9.99. The number of benzene rings is 1. The molecule has 1 fully saturated rings. The molecular formula is C24H23NO5S. The third-order valence-corrected chi connectivity index (χ3v) is 5.83. The summed E-state index contributed by atoms with van der Waals surface area (Å²) in [6, 6.07) is 13.2. The molecule has 1 aliphatic heterocycles. The van der Waals surface area contributed by atoms with Crippen LogP contribution in [0.4, 0.5) is 0 Å². The molecule has 0 radical (unpaired) electrons. The number of carbonyl (C=O) groups excluding carboxylic acids is 2. The Morgan fingerprint density at radius 2 is 1.94 bits per heavy atom. The smallest absolute Gasteiger partial charge is 0.296 e. The van der Waals surface area contributed by atoms with Crippen molar-refractivity contribution in [3.05, 3.63) is 81.9 Å². The van der Waals surface area contributed by atoms with Gasteiger partial charge in [-0.05, 0) is 53.8 Å². The molecular weight excluding hydrogens is 414 g/mol. The van der Waals surface area contributed by atoms with E-state index in [0.29, 0.717) is 29.6 Å². The van der Waals surface area contributed by atoms with Crippen LogP contribution < -0.4 is 4.74 Å². The maximum atomic E-state index is 12.9. The first kappa shape index (κ1) is 20.9. The molecule has 2 aromatic heterocycles. The van der Waals surface area contributed by atoms with E-state index in [1.165, 1.54) is 22.5 Å². The monoisotopic (exact) mass is 437 g/mol. The normalized spacial score (nSPS) is 18.2. The molecule has 0 saturated carbocycles. The summed E-state index contributed by atoms with van der Waals surface area (Å²) in [5.74, 6) is -0.131. The van der Waals surface area contributed by atoms with E-state index in [2.05, 4.69) is 13.8 Å². The highest BCUT2D eigenvalue weighted by Gasteiger charge is 2.47. The fourth-order valence-electron chi connectivity index (χ4n) is 3.48. The summed E-state index contributed by atoms with van der Waals surface area (Å²) < 4.78 is 11.2. The molecule has 3 aromatic rings. The lowest BCUT2D eigenvalue weighted by Crippen LogP contribution is -2.28. The number of ketones is 1. The van der Waals surface area contributed by atoms with Crippen molar-refractivity contribution in [3.8, 4) is 5.75 Å². The fraction of sp³-hybridized carbons (Fsp3) is 0.250. The summed E-state index contributed by atoms with van der Waals surface area (Å²) in [5.41, 5.74) is 0.454. The van der Waals surface area contributed by atoms with Gasteiger partial charge in [0.05, 0.1) is 25.0 Å². The molecule has 0 spiro atoms. The Morgan fingerprint density at radius 1 is 1.16 bits per heavy atom. The predicted octanol–water partition coefficient (Wildman–Crippen LogP) is 5.00. The number of likely N-dealkylation sites (tertiary alicyclic amines) is 1. The van der Waals surface area contributed by atoms with Gasteiger partial charge in [-0.25, -0.2) is 0 Å². The van der Waals surface area contributed by atoms with E-state index in [1.807, 2.05) is 17.5 Å². The van der Waals surface area contributed by atoms with E-state index in [-0.39, 0.29) is 17.9 Å². The highest BCUT2D eigenvalue weighted by Crippen LogP contribution is 2.40. The van der Waals surface area contributed by atoms with Crippen LogP contribution in [-0.2, 0) is 16.1 Å². The molecule has 4 rings (SSSR count). The van der Waals surface area contributed by atoms with Crippen LogP contribution in [0.25, 0.3) is 5.76 Å². The lowest BCUT2D eigenvalue weighted by Gasteiger charge is -2.22. The zero-order chi connectivity index (χ0) is 22.0. The second kappa shape index (κ2) is 8.81. The third-order valence-electron chi connectivity index (χ3n) is 4.97. The van der Waals surface area contributed by atoms with Gasteiger partial charge in [0.15, 0.2) is 0 Å². The molecule has 7 heteroatoms. The standard InChI is InChI=1S/C24H23NO5S/c1-15(2)14-30-17-9-7-16(8-10-17)22(26)20-21(19-6-3-11-29-19)25(24(28)23(20)27)13-18-5-4-12-31-18/h3-12,15,21,26H,13-14H2,1-2H3/b22-20-. The van der Waals surface area contributed by atoms with Crippen molar-refractivity contribution >= 4 is 28.8 Å². The van der Waals surface area contributed by atoms with E-state index in [1.54, 1.807) is 36.4 Å². The topological polar surface area (TPSA) is 80.0 Å². The van der Waals surface area contributed by atoms with Crippen LogP contribution in [0.15, 0.2) is 70.2 Å². The number of furan rings is 1. The Labute approximate surface area is 184 Å². The molecule has 1 aromatic carbocycles. The molecule has 1 atom stereocenters. The Balaban J connectivity index is 1.71. The zero-order valence-corrected chi connectivity index (χ0v) is 18.1. The summed E-state index contributed by atoms with van der Waals surface area (Å²) >= 11 is 1.50. The number of nitrogens with zero attached hydrogens (tertiary/aromatic N) is 1. The Bertz CT molecular complexity index is 1080. The van der Waals surface area contributed by atoms with Gasteiger partial charge in [-0.15, -0.1) is 11.3 Å². The van der Waals surface area contributed by atoms with Crippen molar-refractivity contribution in [3.63, 3.8) is 0 Å². The molecule has 6 nitrogen and oxygen atoms in total. The summed E-state index contributed by atoms with van der Waals surface area (Å²) in [6.07, 6.45) is 1.49. The van der Waals surface area contributed by atoms with Crippen LogP contribution in [0.2, 0.25) is 0 Å². The first-order valence-corrected chi connectivity index (χ1v) is 10.9. The maximum absolute atomic E-state index is 12.9. The molecule has 3 heterocycles. The summed E-state index contributed by atoms with van der Waals surface area (Å²) in [6.45, 7) is 4.96. The molecule has 0 bridgehead atoms. The number of thiophene rings is 1. The number of carbonyl (C=O) groups is 2. The first-order chi connectivity index (χ1) is 15.0. The van der Waals surface area contributed by atoms with Gasteiger partial charge in [0.1, 0.15) is 23.3 Å². The second-order valence-electron chi connectivity index (χ2n) is 7.75. The number of hydrogen-bond donors (Lipinski definition) is 1. The molecule has 1 aliphatic rings. The van der Waals surface area contributed by atoms with Crippen molar-refractivity contribution in [2.45, 2.75) is 26.4 Å². The second-order valence-corrected chi connectivity index (χ2v) is 8.78. The van der Waals surface area contributed by atoms with Gasteiger partial charge < -0.3 is 19.2 Å². The number of rotatable bonds is 7. The zero-order valence-electron chi connectivity index (χ0n) is 17.3. The van der Waals surface area contributed by atoms with Crippen molar-refractivity contribution in [2.75, 3.05) is 6.61 Å². The Kier molecular flexibility index (Phi) is 5.95. The number of aliphatic hydroxyl groups is 1. The minimum absolute atomic E-state index is 0.0207. The van der Waals surface area contributed by atoms with Gasteiger partial charge in [0.25, 0.3) is 11.7 Å². The van der Waals surface area contributed by atoms with E-state index < -0.39 is 17.7 Å². The number of amides is 1. The van der Waals surface area contributed by atoms with Crippen molar-refractivity contribution < 1.29 is 23.8 Å². The number of hydrogen-bond acceptors (Lipinski definition) is 6. The molecule has 1 amide bonds. The van der Waals surface area contributed by atoms with E-state index in [4.69, 9.17) is 9.15 Å². The summed E-state index contributed by atoms with van der Waals surface area (Å²) in [4.78, 5) is 28.2. The van der Waals surface area contributed by atoms with E-state index in [0.717, 1.165) is 4.88 Å². The Hall–Kier alpha value is -3.32. The lowest BCUT2D eigenvalue weighted by molar-refractivity contribution is -0.140. The molecule has 0 aliphatic carbocycles. The molecule has 31 heavy (non-hydrogen) atoms. The van der Waals surface area contributed by atoms with Crippen LogP contribution >= 0.6 is 11.3 Å². The van der Waals surface area contributed by atoms with Crippen LogP contribution in [0, 0.1) is 5.92 Å². The molecule has 1 N–H and O–H groups in total. The van der Waals surface area contributed by atoms with Crippen LogP contribution in [0.5, 0.6) is 5.75 Å². The van der Waals surface area contributed by atoms with Crippen molar-refractivity contribution in [1.29, 1.82) is 0 Å². The quantitative estimate of drug-likeness (QED) is 0.320. The van der Waals surface area contributed by atoms with Crippen LogP contribution in [0.3, 0.4) is 0 Å². The van der Waals surface area contributed by atoms with Gasteiger partial charge in [-0.1, -0.05) is 19.9 Å². The first-order valence-electron chi connectivity index (χ1n) is 10.0. The highest BCUT2D eigenvalue weighted by molar-refractivity contribution is 7.09. The fourth-order valence-corrected chi connectivity index (χ4v) is 4.19. The average molecular weight is 438 g/mol. The summed E-state index contributed by atoms with van der Waals surface area (Å²) in [7, 11) is 0. The minimum Gasteiger partial charge on any atom is -0.507 e. The number of Topliss-reactive ketones (excluding diaryl/α,β-unsaturated/α-hetero) is 1. The predicted molar refractivity (Wildman–Crippen MR) is 118 cm³/mol. The van der Waals surface area contributed by atoms with Crippen LogP contribution in [-0.4, -0.2) is 28.3 Å². The highest BCUT2D eigenvalue weighted by atomic mass is 32.1. The minimum atomic E-state index is -0.797. The molecule has 1 saturated heterocycles. The van der Waals surface area contributed by atoms with Gasteiger partial charge >= 0.3 is 0 Å².